The third-order valence-corrected chi connectivity index (χ3v) is 4.07. The van der Waals surface area contributed by atoms with E-state index < -0.39 is 0 Å². The average Bonchev–Trinajstić information content (AvgIpc) is 2.89. The van der Waals surface area contributed by atoms with Crippen LogP contribution in [0.4, 0.5) is 0 Å². The van der Waals surface area contributed by atoms with Crippen molar-refractivity contribution >= 4 is 0 Å². The number of nitrogens with zero attached hydrogens (tertiary/aromatic N) is 2. The van der Waals surface area contributed by atoms with Crippen LogP contribution in [0, 0.1) is 13.8 Å². The van der Waals surface area contributed by atoms with Crippen LogP contribution in [0.3, 0.4) is 0 Å². The Hall–Kier alpha value is -1.61. The molecule has 0 aliphatic rings. The molecule has 0 spiro atoms. The fourth-order valence-corrected chi connectivity index (χ4v) is 2.76. The van der Waals surface area contributed by atoms with Crippen LogP contribution in [0.15, 0.2) is 30.6 Å². The van der Waals surface area contributed by atoms with Gasteiger partial charge in [-0.1, -0.05) is 30.7 Å². The molecule has 1 heterocycles. The zero-order valence-electron chi connectivity index (χ0n) is 13.7. The van der Waals surface area contributed by atoms with E-state index in [-0.39, 0.29) is 0 Å². The maximum absolute atomic E-state index is 4.53. The minimum atomic E-state index is 0.420. The smallest absolute Gasteiger partial charge is 0.110 e. The van der Waals surface area contributed by atoms with Gasteiger partial charge in [-0.2, -0.15) is 0 Å². The summed E-state index contributed by atoms with van der Waals surface area (Å²) in [5, 5.41) is 3.45. The molecule has 0 saturated carbocycles. The fraction of sp³-hybridized carbons (Fsp3) is 0.500. The van der Waals surface area contributed by atoms with Gasteiger partial charge in [-0.3, -0.25) is 0 Å². The molecule has 3 heteroatoms. The maximum Gasteiger partial charge on any atom is 0.110 e. The van der Waals surface area contributed by atoms with Crippen LogP contribution in [0.2, 0.25) is 0 Å². The van der Waals surface area contributed by atoms with Gasteiger partial charge in [0.15, 0.2) is 0 Å². The third-order valence-electron chi connectivity index (χ3n) is 4.07. The molecule has 1 N–H and O–H groups in total. The number of rotatable bonds is 7. The highest BCUT2D eigenvalue weighted by Crippen LogP contribution is 2.15. The first kappa shape index (κ1) is 15.8. The maximum atomic E-state index is 4.53. The van der Waals surface area contributed by atoms with Crippen molar-refractivity contribution in [2.24, 2.45) is 0 Å². The van der Waals surface area contributed by atoms with E-state index in [9.17, 15) is 0 Å². The molecule has 0 radical (unpaired) electrons. The van der Waals surface area contributed by atoms with Gasteiger partial charge in [0.25, 0.3) is 0 Å². The Balaban J connectivity index is 2.09. The number of aryl methyl sites for hydroxylation is 3. The Morgan fingerprint density at radius 1 is 1.24 bits per heavy atom. The van der Waals surface area contributed by atoms with Gasteiger partial charge in [0, 0.05) is 31.4 Å². The highest BCUT2D eigenvalue weighted by Gasteiger charge is 2.13. The molecular weight excluding hydrogens is 258 g/mol. The summed E-state index contributed by atoms with van der Waals surface area (Å²) in [6.07, 6.45) is 7.16. The summed E-state index contributed by atoms with van der Waals surface area (Å²) >= 11 is 0. The second-order valence-corrected chi connectivity index (χ2v) is 5.86. The normalized spacial score (nSPS) is 12.6. The summed E-state index contributed by atoms with van der Waals surface area (Å²) in [7, 11) is 2.04. The molecule has 1 aromatic carbocycles. The van der Waals surface area contributed by atoms with Gasteiger partial charge in [-0.15, -0.1) is 0 Å². The molecule has 0 bridgehead atoms. The van der Waals surface area contributed by atoms with Crippen molar-refractivity contribution in [1.82, 2.24) is 14.9 Å². The molecule has 2 aromatic rings. The predicted octanol–water partition coefficient (Wildman–Crippen LogP) is 3.28. The standard InChI is InChI=1S/C18H27N3/c1-5-9-21-10-8-20-18(21)13-17(19-4)12-16-11-14(2)6-7-15(16)3/h6-8,10-11,17,19H,5,9,12-13H2,1-4H3. The summed E-state index contributed by atoms with van der Waals surface area (Å²) in [5.41, 5.74) is 4.14. The van der Waals surface area contributed by atoms with Gasteiger partial charge in [0.2, 0.25) is 0 Å². The number of hydrogen-bond donors (Lipinski definition) is 1. The van der Waals surface area contributed by atoms with Crippen LogP contribution in [-0.4, -0.2) is 22.6 Å². The zero-order chi connectivity index (χ0) is 15.2. The molecular formula is C18H27N3. The number of hydrogen-bond acceptors (Lipinski definition) is 2. The molecule has 0 aliphatic carbocycles. The Kier molecular flexibility index (Phi) is 5.57. The van der Waals surface area contributed by atoms with Gasteiger partial charge in [-0.25, -0.2) is 4.98 Å². The molecule has 21 heavy (non-hydrogen) atoms. The lowest BCUT2D eigenvalue weighted by atomic mass is 9.97. The molecule has 114 valence electrons. The van der Waals surface area contributed by atoms with Gasteiger partial charge in [0.1, 0.15) is 5.82 Å². The van der Waals surface area contributed by atoms with Crippen LogP contribution < -0.4 is 5.32 Å². The minimum Gasteiger partial charge on any atom is -0.335 e. The highest BCUT2D eigenvalue weighted by atomic mass is 15.1. The molecule has 2 rings (SSSR count). The van der Waals surface area contributed by atoms with E-state index >= 15 is 0 Å². The molecule has 1 unspecified atom stereocenters. The monoisotopic (exact) mass is 285 g/mol. The van der Waals surface area contributed by atoms with Crippen LogP contribution in [0.25, 0.3) is 0 Å². The molecule has 0 fully saturated rings. The molecule has 3 nitrogen and oxygen atoms in total. The highest BCUT2D eigenvalue weighted by molar-refractivity contribution is 5.31. The summed E-state index contributed by atoms with van der Waals surface area (Å²) < 4.78 is 2.27. The largest absolute Gasteiger partial charge is 0.335 e. The second kappa shape index (κ2) is 7.41. The van der Waals surface area contributed by atoms with Crippen molar-refractivity contribution in [3.63, 3.8) is 0 Å². The van der Waals surface area contributed by atoms with E-state index in [1.807, 2.05) is 13.2 Å². The number of likely N-dealkylation sites (N-methyl/N-ethyl adjacent to an activating group) is 1. The molecule has 1 aromatic heterocycles. The lowest BCUT2D eigenvalue weighted by molar-refractivity contribution is 0.519. The lowest BCUT2D eigenvalue weighted by Gasteiger charge is -2.18. The molecule has 0 saturated heterocycles. The lowest BCUT2D eigenvalue weighted by Crippen LogP contribution is -2.31. The van der Waals surface area contributed by atoms with Gasteiger partial charge >= 0.3 is 0 Å². The van der Waals surface area contributed by atoms with Crippen molar-refractivity contribution in [2.75, 3.05) is 7.05 Å². The average molecular weight is 285 g/mol. The summed E-state index contributed by atoms with van der Waals surface area (Å²) in [6, 6.07) is 7.12. The molecule has 1 atom stereocenters. The van der Waals surface area contributed by atoms with Crippen LogP contribution in [-0.2, 0) is 19.4 Å². The van der Waals surface area contributed by atoms with Crippen molar-refractivity contribution in [2.45, 2.75) is 52.6 Å². The van der Waals surface area contributed by atoms with Crippen molar-refractivity contribution in [1.29, 1.82) is 0 Å². The summed E-state index contributed by atoms with van der Waals surface area (Å²) in [5.74, 6) is 1.18. The molecule has 0 amide bonds. The van der Waals surface area contributed by atoms with E-state index in [1.165, 1.54) is 22.5 Å². The van der Waals surface area contributed by atoms with Crippen LogP contribution in [0.5, 0.6) is 0 Å². The van der Waals surface area contributed by atoms with E-state index in [2.05, 4.69) is 60.0 Å². The predicted molar refractivity (Wildman–Crippen MR) is 88.7 cm³/mol. The van der Waals surface area contributed by atoms with Crippen LogP contribution in [0.1, 0.15) is 35.9 Å². The van der Waals surface area contributed by atoms with Crippen molar-refractivity contribution < 1.29 is 0 Å². The Labute approximate surface area is 128 Å². The first-order chi connectivity index (χ1) is 10.1. The van der Waals surface area contributed by atoms with Gasteiger partial charge in [0.05, 0.1) is 0 Å². The van der Waals surface area contributed by atoms with E-state index in [4.69, 9.17) is 0 Å². The first-order valence-corrected chi connectivity index (χ1v) is 7.87. The molecule has 0 aliphatic heterocycles. The number of benzene rings is 1. The fourth-order valence-electron chi connectivity index (χ4n) is 2.76. The quantitative estimate of drug-likeness (QED) is 0.846. The third kappa shape index (κ3) is 4.18. The Morgan fingerprint density at radius 3 is 2.76 bits per heavy atom. The zero-order valence-corrected chi connectivity index (χ0v) is 13.7. The number of nitrogens with one attached hydrogen (secondary N) is 1. The van der Waals surface area contributed by atoms with Gasteiger partial charge in [-0.05, 0) is 44.9 Å². The van der Waals surface area contributed by atoms with Crippen molar-refractivity contribution in [3.8, 4) is 0 Å². The first-order valence-electron chi connectivity index (χ1n) is 7.87. The summed E-state index contributed by atoms with van der Waals surface area (Å²) in [4.78, 5) is 4.53. The van der Waals surface area contributed by atoms with Crippen LogP contribution >= 0.6 is 0 Å². The number of imidazole rings is 1. The number of aromatic nitrogens is 2. The summed E-state index contributed by atoms with van der Waals surface area (Å²) in [6.45, 7) is 7.61. The topological polar surface area (TPSA) is 29.9 Å². The minimum absolute atomic E-state index is 0.420. The van der Waals surface area contributed by atoms with Gasteiger partial charge < -0.3 is 9.88 Å². The SMILES string of the molecule is CCCn1ccnc1CC(Cc1cc(C)ccc1C)NC. The second-order valence-electron chi connectivity index (χ2n) is 5.86. The van der Waals surface area contributed by atoms with E-state index in [1.54, 1.807) is 0 Å². The van der Waals surface area contributed by atoms with E-state index in [0.29, 0.717) is 6.04 Å². The Bertz CT molecular complexity index is 572. The Morgan fingerprint density at radius 2 is 2.05 bits per heavy atom. The van der Waals surface area contributed by atoms with Crippen molar-refractivity contribution in [3.05, 3.63) is 53.1 Å². The van der Waals surface area contributed by atoms with E-state index in [0.717, 1.165) is 25.8 Å².